The summed E-state index contributed by atoms with van der Waals surface area (Å²) in [6.07, 6.45) is 1.68. The van der Waals surface area contributed by atoms with Crippen molar-refractivity contribution in [1.29, 1.82) is 0 Å². The molecule has 0 spiro atoms. The van der Waals surface area contributed by atoms with Crippen molar-refractivity contribution in [1.82, 2.24) is 20.2 Å². The highest BCUT2D eigenvalue weighted by Crippen LogP contribution is 2.18. The highest BCUT2D eigenvalue weighted by atomic mass is 35.5. The molecule has 0 bridgehead atoms. The lowest BCUT2D eigenvalue weighted by Gasteiger charge is -2.26. The molecule has 0 radical (unpaired) electrons. The van der Waals surface area contributed by atoms with E-state index in [1.807, 2.05) is 32.0 Å². The van der Waals surface area contributed by atoms with E-state index in [4.69, 9.17) is 11.6 Å². The van der Waals surface area contributed by atoms with Crippen molar-refractivity contribution in [2.75, 3.05) is 5.32 Å². The Bertz CT molecular complexity index is 1010. The van der Waals surface area contributed by atoms with Crippen LogP contribution < -0.4 is 10.6 Å². The monoisotopic (exact) mass is 443 g/mol. The molecule has 0 atom stereocenters. The van der Waals surface area contributed by atoms with Gasteiger partial charge >= 0.3 is 6.03 Å². The topological polar surface area (TPSA) is 87.2 Å². The first kappa shape index (κ1) is 21.7. The SMILES string of the molecule is CC(C)N(Cc1nc(C(=O)NCc2ccccn2)cs1)C(=O)Nc1cccc(Cl)c1. The van der Waals surface area contributed by atoms with Crippen LogP contribution in [0.15, 0.2) is 54.0 Å². The molecule has 0 saturated carbocycles. The van der Waals surface area contributed by atoms with Crippen LogP contribution in [0.5, 0.6) is 0 Å². The van der Waals surface area contributed by atoms with E-state index in [1.165, 1.54) is 11.3 Å². The molecule has 3 aromatic rings. The molecule has 0 aliphatic rings. The zero-order valence-electron chi connectivity index (χ0n) is 16.6. The van der Waals surface area contributed by atoms with Crippen LogP contribution in [0.25, 0.3) is 0 Å². The first-order valence-electron chi connectivity index (χ1n) is 9.38. The van der Waals surface area contributed by atoms with Gasteiger partial charge in [0.2, 0.25) is 0 Å². The second kappa shape index (κ2) is 10.2. The first-order chi connectivity index (χ1) is 14.4. The number of pyridine rings is 1. The van der Waals surface area contributed by atoms with Gasteiger partial charge in [0.05, 0.1) is 18.8 Å². The molecule has 2 heterocycles. The maximum absolute atomic E-state index is 12.7. The lowest BCUT2D eigenvalue weighted by atomic mass is 10.3. The van der Waals surface area contributed by atoms with Crippen LogP contribution in [0.4, 0.5) is 10.5 Å². The maximum atomic E-state index is 12.7. The minimum atomic E-state index is -0.275. The van der Waals surface area contributed by atoms with Gasteiger partial charge in [-0.1, -0.05) is 23.7 Å². The summed E-state index contributed by atoms with van der Waals surface area (Å²) in [5.74, 6) is -0.275. The lowest BCUT2D eigenvalue weighted by molar-refractivity contribution is 0.0946. The number of nitrogens with one attached hydrogen (secondary N) is 2. The van der Waals surface area contributed by atoms with E-state index >= 15 is 0 Å². The van der Waals surface area contributed by atoms with Crippen LogP contribution in [0.1, 0.15) is 35.0 Å². The molecule has 0 unspecified atom stereocenters. The molecular formula is C21H22ClN5O2S. The van der Waals surface area contributed by atoms with Crippen molar-refractivity contribution >= 4 is 40.6 Å². The molecule has 0 aliphatic carbocycles. The van der Waals surface area contributed by atoms with Gasteiger partial charge in [-0.25, -0.2) is 9.78 Å². The molecule has 156 valence electrons. The maximum Gasteiger partial charge on any atom is 0.322 e. The second-order valence-electron chi connectivity index (χ2n) is 6.79. The van der Waals surface area contributed by atoms with Gasteiger partial charge in [0.25, 0.3) is 5.91 Å². The molecule has 30 heavy (non-hydrogen) atoms. The van der Waals surface area contributed by atoms with E-state index < -0.39 is 0 Å². The Hall–Kier alpha value is -2.97. The fourth-order valence-electron chi connectivity index (χ4n) is 2.65. The number of anilines is 1. The minimum absolute atomic E-state index is 0.0606. The lowest BCUT2D eigenvalue weighted by Crippen LogP contribution is -2.39. The highest BCUT2D eigenvalue weighted by Gasteiger charge is 2.20. The van der Waals surface area contributed by atoms with Crippen LogP contribution in [0.2, 0.25) is 5.02 Å². The van der Waals surface area contributed by atoms with Crippen LogP contribution in [-0.4, -0.2) is 32.8 Å². The van der Waals surface area contributed by atoms with Gasteiger partial charge in [-0.05, 0) is 44.2 Å². The van der Waals surface area contributed by atoms with Gasteiger partial charge in [-0.3, -0.25) is 9.78 Å². The number of hydrogen-bond acceptors (Lipinski definition) is 5. The van der Waals surface area contributed by atoms with Crippen LogP contribution in [0, 0.1) is 0 Å². The molecule has 1 aromatic carbocycles. The van der Waals surface area contributed by atoms with E-state index in [9.17, 15) is 9.59 Å². The second-order valence-corrected chi connectivity index (χ2v) is 8.17. The average molecular weight is 444 g/mol. The van der Waals surface area contributed by atoms with Crippen LogP contribution in [0.3, 0.4) is 0 Å². The summed E-state index contributed by atoms with van der Waals surface area (Å²) >= 11 is 7.32. The van der Waals surface area contributed by atoms with Crippen molar-refractivity contribution in [3.8, 4) is 0 Å². The van der Waals surface area contributed by atoms with Gasteiger partial charge in [0.15, 0.2) is 0 Å². The Kier molecular flexibility index (Phi) is 7.37. The first-order valence-corrected chi connectivity index (χ1v) is 10.6. The highest BCUT2D eigenvalue weighted by molar-refractivity contribution is 7.09. The van der Waals surface area contributed by atoms with E-state index in [2.05, 4.69) is 20.6 Å². The molecule has 3 rings (SSSR count). The average Bonchev–Trinajstić information content (AvgIpc) is 3.19. The van der Waals surface area contributed by atoms with Crippen molar-refractivity contribution in [2.45, 2.75) is 33.0 Å². The predicted molar refractivity (Wildman–Crippen MR) is 119 cm³/mol. The van der Waals surface area contributed by atoms with Crippen LogP contribution in [-0.2, 0) is 13.1 Å². The number of benzene rings is 1. The Balaban J connectivity index is 1.61. The van der Waals surface area contributed by atoms with Gasteiger partial charge in [0, 0.05) is 28.3 Å². The molecular weight excluding hydrogens is 422 g/mol. The Labute approximate surface area is 184 Å². The third kappa shape index (κ3) is 6.01. The number of nitrogens with zero attached hydrogens (tertiary/aromatic N) is 3. The van der Waals surface area contributed by atoms with E-state index in [1.54, 1.807) is 40.7 Å². The molecule has 0 aliphatic heterocycles. The molecule has 7 nitrogen and oxygen atoms in total. The summed E-state index contributed by atoms with van der Waals surface area (Å²) in [6.45, 7) is 4.46. The molecule has 3 amide bonds. The zero-order chi connectivity index (χ0) is 21.5. The Morgan fingerprint density at radius 1 is 1.20 bits per heavy atom. The summed E-state index contributed by atoms with van der Waals surface area (Å²) < 4.78 is 0. The summed E-state index contributed by atoms with van der Waals surface area (Å²) in [6, 6.07) is 12.2. The number of halogens is 1. The number of urea groups is 1. The Morgan fingerprint density at radius 3 is 2.73 bits per heavy atom. The summed E-state index contributed by atoms with van der Waals surface area (Å²) in [7, 11) is 0. The third-order valence-electron chi connectivity index (χ3n) is 4.21. The van der Waals surface area contributed by atoms with Crippen molar-refractivity contribution in [3.63, 3.8) is 0 Å². The third-order valence-corrected chi connectivity index (χ3v) is 5.27. The minimum Gasteiger partial charge on any atom is -0.345 e. The van der Waals surface area contributed by atoms with Gasteiger partial charge in [-0.15, -0.1) is 11.3 Å². The molecule has 9 heteroatoms. The van der Waals surface area contributed by atoms with Gasteiger partial charge in [-0.2, -0.15) is 0 Å². The largest absolute Gasteiger partial charge is 0.345 e. The van der Waals surface area contributed by atoms with Gasteiger partial charge in [0.1, 0.15) is 10.7 Å². The summed E-state index contributed by atoms with van der Waals surface area (Å²) in [5.41, 5.74) is 1.71. The van der Waals surface area contributed by atoms with E-state index in [-0.39, 0.29) is 18.0 Å². The van der Waals surface area contributed by atoms with E-state index in [0.29, 0.717) is 34.5 Å². The number of carbonyl (C=O) groups is 2. The summed E-state index contributed by atoms with van der Waals surface area (Å²) in [4.78, 5) is 35.3. The number of hydrogen-bond donors (Lipinski definition) is 2. The van der Waals surface area contributed by atoms with Crippen molar-refractivity contribution < 1.29 is 9.59 Å². The fraction of sp³-hybridized carbons (Fsp3) is 0.238. The molecule has 2 N–H and O–H groups in total. The van der Waals surface area contributed by atoms with Gasteiger partial charge < -0.3 is 15.5 Å². The standard InChI is InChI=1S/C21H22ClN5O2S/c1-14(2)27(21(29)25-16-8-5-6-15(22)10-16)12-19-26-18(13-30-19)20(28)24-11-17-7-3-4-9-23-17/h3-10,13-14H,11-12H2,1-2H3,(H,24,28)(H,25,29). The normalized spacial score (nSPS) is 10.7. The zero-order valence-corrected chi connectivity index (χ0v) is 18.2. The smallest absolute Gasteiger partial charge is 0.322 e. The number of aromatic nitrogens is 2. The predicted octanol–water partition coefficient (Wildman–Crippen LogP) is 4.56. The van der Waals surface area contributed by atoms with Crippen molar-refractivity contribution in [2.24, 2.45) is 0 Å². The van der Waals surface area contributed by atoms with Crippen molar-refractivity contribution in [3.05, 3.63) is 75.5 Å². The number of thiazole rings is 1. The Morgan fingerprint density at radius 2 is 2.03 bits per heavy atom. The number of carbonyl (C=O) groups excluding carboxylic acids is 2. The number of rotatable bonds is 7. The molecule has 0 fully saturated rings. The molecule has 0 saturated heterocycles. The van der Waals surface area contributed by atoms with E-state index in [0.717, 1.165) is 5.69 Å². The summed E-state index contributed by atoms with van der Waals surface area (Å²) in [5, 5.41) is 8.56. The quantitative estimate of drug-likeness (QED) is 0.560. The fourth-order valence-corrected chi connectivity index (χ4v) is 3.61. The molecule has 2 aromatic heterocycles. The number of amides is 3. The van der Waals surface area contributed by atoms with Crippen LogP contribution >= 0.6 is 22.9 Å².